The Labute approximate surface area is 140 Å². The predicted molar refractivity (Wildman–Crippen MR) is 85.1 cm³/mol. The van der Waals surface area contributed by atoms with Crippen LogP contribution in [0, 0.1) is 34.1 Å². The Morgan fingerprint density at radius 2 is 1.79 bits per heavy atom. The van der Waals surface area contributed by atoms with Crippen molar-refractivity contribution in [2.24, 2.45) is 0 Å². The van der Waals surface area contributed by atoms with Gasteiger partial charge < -0.3 is 5.32 Å². The molecule has 0 unspecified atom stereocenters. The number of halogens is 1. The third-order valence-electron chi connectivity index (χ3n) is 3.37. The Balaban J connectivity index is 2.28. The van der Waals surface area contributed by atoms with Crippen molar-refractivity contribution in [2.45, 2.75) is 20.4 Å². The first kappa shape index (κ1) is 17.3. The fourth-order valence-electron chi connectivity index (χ4n) is 2.06. The Bertz CT molecular complexity index is 812. The fourth-order valence-corrected chi connectivity index (χ4v) is 2.20. The summed E-state index contributed by atoms with van der Waals surface area (Å²) in [5.74, 6) is -0.551. The summed E-state index contributed by atoms with van der Waals surface area (Å²) in [5, 5.41) is 28.7. The molecule has 126 valence electrons. The van der Waals surface area contributed by atoms with Crippen LogP contribution in [0.4, 0.5) is 17.1 Å². The van der Waals surface area contributed by atoms with Crippen LogP contribution in [0.3, 0.4) is 0 Å². The molecule has 2 rings (SSSR count). The Morgan fingerprint density at radius 1 is 1.25 bits per heavy atom. The van der Waals surface area contributed by atoms with Crippen molar-refractivity contribution in [3.63, 3.8) is 0 Å². The maximum Gasteiger partial charge on any atom is 0.281 e. The Kier molecular flexibility index (Phi) is 4.79. The normalized spacial score (nSPS) is 10.5. The van der Waals surface area contributed by atoms with Crippen molar-refractivity contribution in [3.05, 3.63) is 54.8 Å². The topological polar surface area (TPSA) is 133 Å². The summed E-state index contributed by atoms with van der Waals surface area (Å²) in [4.78, 5) is 32.6. The molecule has 0 saturated heterocycles. The van der Waals surface area contributed by atoms with E-state index in [1.165, 1.54) is 17.8 Å². The molecule has 24 heavy (non-hydrogen) atoms. The van der Waals surface area contributed by atoms with E-state index in [0.29, 0.717) is 10.7 Å². The van der Waals surface area contributed by atoms with E-state index in [9.17, 15) is 25.0 Å². The Morgan fingerprint density at radius 3 is 2.21 bits per heavy atom. The lowest BCUT2D eigenvalue weighted by molar-refractivity contribution is -0.395. The van der Waals surface area contributed by atoms with Crippen LogP contribution >= 0.6 is 11.6 Å². The van der Waals surface area contributed by atoms with Gasteiger partial charge in [0.25, 0.3) is 11.4 Å². The minimum atomic E-state index is -0.741. The number of nitro benzene ring substituents is 2. The number of anilines is 1. The molecule has 1 aromatic carbocycles. The number of amides is 1. The molecule has 1 aromatic heterocycles. The van der Waals surface area contributed by atoms with Crippen molar-refractivity contribution in [2.75, 3.05) is 5.32 Å². The second-order valence-electron chi connectivity index (χ2n) is 4.94. The molecule has 11 heteroatoms. The van der Waals surface area contributed by atoms with E-state index < -0.39 is 27.1 Å². The molecule has 1 amide bonds. The van der Waals surface area contributed by atoms with Gasteiger partial charge in [0.2, 0.25) is 5.91 Å². The zero-order valence-electron chi connectivity index (χ0n) is 12.6. The Hall–Kier alpha value is -3.01. The minimum Gasteiger partial charge on any atom is -0.324 e. The highest BCUT2D eigenvalue weighted by molar-refractivity contribution is 6.31. The monoisotopic (exact) mass is 353 g/mol. The average Bonchev–Trinajstić information content (AvgIpc) is 2.80. The number of carbonyl (C=O) groups excluding carboxylic acids is 1. The highest BCUT2D eigenvalue weighted by Gasteiger charge is 2.23. The van der Waals surface area contributed by atoms with Gasteiger partial charge in [-0.1, -0.05) is 11.6 Å². The molecule has 0 aliphatic heterocycles. The van der Waals surface area contributed by atoms with Gasteiger partial charge in [-0.05, 0) is 13.8 Å². The maximum atomic E-state index is 12.0. The fraction of sp³-hybridized carbons (Fsp3) is 0.231. The van der Waals surface area contributed by atoms with E-state index in [-0.39, 0.29) is 17.8 Å². The van der Waals surface area contributed by atoms with E-state index in [1.807, 2.05) is 0 Å². The average molecular weight is 354 g/mol. The third kappa shape index (κ3) is 3.49. The van der Waals surface area contributed by atoms with E-state index in [4.69, 9.17) is 11.6 Å². The minimum absolute atomic E-state index is 0.0418. The molecule has 0 aliphatic rings. The molecule has 0 saturated carbocycles. The van der Waals surface area contributed by atoms with Crippen LogP contribution < -0.4 is 5.32 Å². The lowest BCUT2D eigenvalue weighted by atomic mass is 10.1. The molecule has 0 fully saturated rings. The number of rotatable bonds is 5. The summed E-state index contributed by atoms with van der Waals surface area (Å²) in [6, 6.07) is 2.15. The molecule has 0 aliphatic carbocycles. The summed E-state index contributed by atoms with van der Waals surface area (Å²) < 4.78 is 1.34. The highest BCUT2D eigenvalue weighted by Crippen LogP contribution is 2.31. The third-order valence-corrected chi connectivity index (χ3v) is 3.74. The second-order valence-corrected chi connectivity index (χ2v) is 5.34. The van der Waals surface area contributed by atoms with Crippen molar-refractivity contribution < 1.29 is 14.6 Å². The molecular weight excluding hydrogens is 342 g/mol. The molecule has 0 spiro atoms. The number of carbonyl (C=O) groups is 1. The number of hydrogen-bond acceptors (Lipinski definition) is 6. The summed E-state index contributed by atoms with van der Waals surface area (Å²) >= 11 is 5.84. The number of nitrogens with zero attached hydrogens (tertiary/aromatic N) is 4. The molecule has 10 nitrogen and oxygen atoms in total. The molecule has 0 atom stereocenters. The second kappa shape index (κ2) is 6.62. The number of aromatic nitrogens is 2. The molecule has 0 bridgehead atoms. The molecule has 1 N–H and O–H groups in total. The lowest BCUT2D eigenvalue weighted by Gasteiger charge is -2.08. The van der Waals surface area contributed by atoms with Gasteiger partial charge >= 0.3 is 0 Å². The quantitative estimate of drug-likeness (QED) is 0.648. The first-order chi connectivity index (χ1) is 11.2. The van der Waals surface area contributed by atoms with E-state index >= 15 is 0 Å². The number of nitrogens with one attached hydrogen (secondary N) is 1. The zero-order chi connectivity index (χ0) is 18.0. The van der Waals surface area contributed by atoms with Crippen LogP contribution in [0.15, 0.2) is 18.3 Å². The molecular formula is C13H12ClN5O5. The van der Waals surface area contributed by atoms with Crippen LogP contribution in [-0.4, -0.2) is 25.5 Å². The van der Waals surface area contributed by atoms with Gasteiger partial charge in [-0.2, -0.15) is 5.10 Å². The van der Waals surface area contributed by atoms with Gasteiger partial charge in [-0.25, -0.2) is 0 Å². The first-order valence-corrected chi connectivity index (χ1v) is 6.99. The predicted octanol–water partition coefficient (Wildman–Crippen LogP) is 2.61. The lowest BCUT2D eigenvalue weighted by Crippen LogP contribution is -2.20. The van der Waals surface area contributed by atoms with Crippen LogP contribution in [0.1, 0.15) is 11.3 Å². The van der Waals surface area contributed by atoms with Crippen molar-refractivity contribution in [3.8, 4) is 0 Å². The number of benzene rings is 1. The van der Waals surface area contributed by atoms with Gasteiger partial charge in [0, 0.05) is 12.1 Å². The van der Waals surface area contributed by atoms with Crippen LogP contribution in [0.2, 0.25) is 5.02 Å². The van der Waals surface area contributed by atoms with Crippen LogP contribution in [0.25, 0.3) is 0 Å². The summed E-state index contributed by atoms with van der Waals surface area (Å²) in [5.41, 5.74) is -0.444. The molecule has 1 heterocycles. The smallest absolute Gasteiger partial charge is 0.281 e. The largest absolute Gasteiger partial charge is 0.324 e. The molecule has 0 radical (unpaired) electrons. The van der Waals surface area contributed by atoms with Gasteiger partial charge in [0.15, 0.2) is 0 Å². The van der Waals surface area contributed by atoms with Crippen LogP contribution in [-0.2, 0) is 11.3 Å². The number of hydrogen-bond donors (Lipinski definition) is 1. The van der Waals surface area contributed by atoms with E-state index in [1.54, 1.807) is 6.92 Å². The highest BCUT2D eigenvalue weighted by atomic mass is 35.5. The van der Waals surface area contributed by atoms with Gasteiger partial charge in [0.05, 0.1) is 32.4 Å². The van der Waals surface area contributed by atoms with E-state index in [0.717, 1.165) is 12.1 Å². The summed E-state index contributed by atoms with van der Waals surface area (Å²) in [7, 11) is 0. The summed E-state index contributed by atoms with van der Waals surface area (Å²) in [6.45, 7) is 2.76. The molecule has 2 aromatic rings. The van der Waals surface area contributed by atoms with Crippen LogP contribution in [0.5, 0.6) is 0 Å². The van der Waals surface area contributed by atoms with E-state index in [2.05, 4.69) is 10.4 Å². The van der Waals surface area contributed by atoms with Crippen molar-refractivity contribution >= 4 is 34.6 Å². The van der Waals surface area contributed by atoms with Gasteiger partial charge in [-0.15, -0.1) is 0 Å². The van der Waals surface area contributed by atoms with Crippen molar-refractivity contribution in [1.82, 2.24) is 9.78 Å². The van der Waals surface area contributed by atoms with Gasteiger partial charge in [-0.3, -0.25) is 29.7 Å². The van der Waals surface area contributed by atoms with Crippen molar-refractivity contribution in [1.29, 1.82) is 0 Å². The SMILES string of the molecule is Cc1c([N+](=O)[O-])cc(NC(=O)Cn2ncc(Cl)c2C)cc1[N+](=O)[O-]. The summed E-state index contributed by atoms with van der Waals surface area (Å²) in [6.07, 6.45) is 1.38. The van der Waals surface area contributed by atoms with Gasteiger partial charge in [0.1, 0.15) is 12.1 Å². The zero-order valence-corrected chi connectivity index (χ0v) is 13.4. The number of nitro groups is 2. The standard InChI is InChI=1S/C13H12ClN5O5/c1-7-11(18(21)22)3-9(4-12(7)19(23)24)16-13(20)6-17-8(2)10(14)5-15-17/h3-5H,6H2,1-2H3,(H,16,20). The first-order valence-electron chi connectivity index (χ1n) is 6.62. The maximum absolute atomic E-state index is 12.0.